The summed E-state index contributed by atoms with van der Waals surface area (Å²) in [6, 6.07) is 0. The van der Waals surface area contributed by atoms with Crippen LogP contribution in [0.1, 0.15) is 0 Å². The number of hydrogen-bond acceptors (Lipinski definition) is 13. The van der Waals surface area contributed by atoms with Crippen LogP contribution in [0.4, 0.5) is 0 Å². The zero-order chi connectivity index (χ0) is 39.3. The number of aliphatic hydroxyl groups excluding tert-OH is 6. The summed E-state index contributed by atoms with van der Waals surface area (Å²) in [6.07, 6.45) is 4.17. The van der Waals surface area contributed by atoms with Crippen molar-refractivity contribution in [2.45, 2.75) is 0 Å². The van der Waals surface area contributed by atoms with E-state index in [9.17, 15) is 24.0 Å². The fourth-order valence-electron chi connectivity index (χ4n) is 1.06. The van der Waals surface area contributed by atoms with Gasteiger partial charge in [0.1, 0.15) is 0 Å². The minimum atomic E-state index is -4.64. The Morgan fingerprint density at radius 2 is 0.574 bits per heavy atom. The van der Waals surface area contributed by atoms with Crippen LogP contribution >= 0.6 is 7.82 Å². The topological polar surface area (TPSA) is 395 Å². The molecule has 0 aromatic carbocycles. The van der Waals surface area contributed by atoms with Gasteiger partial charge in [-0.3, -0.25) is 0 Å². The molecule has 276 valence electrons. The van der Waals surface area contributed by atoms with Gasteiger partial charge in [0.15, 0.2) is 0 Å². The average Bonchev–Trinajstić information content (AvgIpc) is 3.02. The molecule has 0 aromatic heterocycles. The summed E-state index contributed by atoms with van der Waals surface area (Å²) in [5, 5.41) is 92.2. The molecule has 47 heavy (non-hydrogen) atoms. The third kappa shape index (κ3) is 65.5. The van der Waals surface area contributed by atoms with Crippen molar-refractivity contribution < 1.29 is 104 Å². The first-order valence-electron chi connectivity index (χ1n) is 11.7. The Hall–Kier alpha value is -4.12. The SMILES string of the molecule is C=CC(=O)O.C=CC(=O)O.C=CC(=O)O.C=CC(=O)O.C=CC(=O)O.O=P(O)(O)O.OCC(CO)(CO)COCC(CO)(CO)CO. The predicted octanol–water partition coefficient (Wildman–Crippen LogP) is -2.71. The summed E-state index contributed by atoms with van der Waals surface area (Å²) in [4.78, 5) is 67.8. The van der Waals surface area contributed by atoms with Crippen LogP contribution in [0, 0.1) is 10.8 Å². The van der Waals surface area contributed by atoms with Crippen molar-refractivity contribution in [2.24, 2.45) is 10.8 Å². The average molecular weight is 713 g/mol. The van der Waals surface area contributed by atoms with E-state index in [1.165, 1.54) is 0 Å². The van der Waals surface area contributed by atoms with Crippen molar-refractivity contribution >= 4 is 37.7 Å². The molecular formula is C25H45O21P. The van der Waals surface area contributed by atoms with E-state index in [4.69, 9.17) is 80.2 Å². The molecule has 0 saturated carbocycles. The number of ether oxygens (including phenoxy) is 1. The van der Waals surface area contributed by atoms with Crippen LogP contribution in [0.2, 0.25) is 0 Å². The first-order valence-corrected chi connectivity index (χ1v) is 13.3. The number of aliphatic hydroxyl groups is 6. The van der Waals surface area contributed by atoms with E-state index in [2.05, 4.69) is 32.9 Å². The molecule has 0 bridgehead atoms. The summed E-state index contributed by atoms with van der Waals surface area (Å²) >= 11 is 0. The monoisotopic (exact) mass is 712 g/mol. The van der Waals surface area contributed by atoms with Crippen LogP contribution in [0.3, 0.4) is 0 Å². The molecule has 0 unspecified atom stereocenters. The third-order valence-corrected chi connectivity index (χ3v) is 3.70. The molecule has 0 aliphatic rings. The van der Waals surface area contributed by atoms with Crippen LogP contribution in [-0.4, -0.2) is 154 Å². The van der Waals surface area contributed by atoms with E-state index in [1.807, 2.05) is 0 Å². The van der Waals surface area contributed by atoms with Crippen LogP contribution < -0.4 is 0 Å². The predicted molar refractivity (Wildman–Crippen MR) is 162 cm³/mol. The zero-order valence-corrected chi connectivity index (χ0v) is 26.0. The molecule has 21 nitrogen and oxygen atoms in total. The van der Waals surface area contributed by atoms with Gasteiger partial charge in [0, 0.05) is 30.4 Å². The summed E-state index contributed by atoms with van der Waals surface area (Å²) < 4.78 is 14.0. The molecule has 0 radical (unpaired) electrons. The van der Waals surface area contributed by atoms with Crippen LogP contribution in [0.25, 0.3) is 0 Å². The van der Waals surface area contributed by atoms with E-state index < -0.39 is 88.1 Å². The molecular weight excluding hydrogens is 667 g/mol. The highest BCUT2D eigenvalue weighted by Gasteiger charge is 2.32. The van der Waals surface area contributed by atoms with Gasteiger partial charge in [-0.2, -0.15) is 0 Å². The first-order chi connectivity index (χ1) is 21.4. The molecule has 0 aliphatic carbocycles. The number of hydrogen-bond donors (Lipinski definition) is 14. The Balaban J connectivity index is -0.0000000884. The third-order valence-electron chi connectivity index (χ3n) is 3.70. The lowest BCUT2D eigenvalue weighted by molar-refractivity contribution is -0.132. The van der Waals surface area contributed by atoms with Gasteiger partial charge in [-0.15, -0.1) is 0 Å². The number of carbonyl (C=O) groups is 5. The number of carboxylic acids is 5. The summed E-state index contributed by atoms with van der Waals surface area (Å²) in [5.74, 6) is -4.91. The fourth-order valence-corrected chi connectivity index (χ4v) is 1.06. The highest BCUT2D eigenvalue weighted by Crippen LogP contribution is 2.25. The Morgan fingerprint density at radius 3 is 0.638 bits per heavy atom. The molecule has 0 amide bonds. The maximum absolute atomic E-state index is 9.25. The van der Waals surface area contributed by atoms with Gasteiger partial charge < -0.3 is 75.6 Å². The van der Waals surface area contributed by atoms with Crippen molar-refractivity contribution in [3.63, 3.8) is 0 Å². The fraction of sp³-hybridized carbons (Fsp3) is 0.400. The standard InChI is InChI=1S/C10H22O7.5C3H4O2.H3O4P/c11-1-9(2-12,3-13)7-17-8-10(4-14,5-15)6-16;5*1-2-3(4)5;1-5(2,3)4/h11-16H,1-8H2;5*2H,1H2,(H,4,5);(H3,1,2,3,4). The van der Waals surface area contributed by atoms with Gasteiger partial charge in [-0.05, 0) is 0 Å². The molecule has 22 heteroatoms. The highest BCUT2D eigenvalue weighted by atomic mass is 31.2. The second-order valence-corrected chi connectivity index (χ2v) is 8.69. The van der Waals surface area contributed by atoms with Crippen molar-refractivity contribution in [3.8, 4) is 0 Å². The van der Waals surface area contributed by atoms with Crippen LogP contribution in [0.5, 0.6) is 0 Å². The molecule has 0 aromatic rings. The lowest BCUT2D eigenvalue weighted by Crippen LogP contribution is -2.43. The lowest BCUT2D eigenvalue weighted by Gasteiger charge is -2.31. The van der Waals surface area contributed by atoms with Crippen molar-refractivity contribution in [2.75, 3.05) is 52.9 Å². The van der Waals surface area contributed by atoms with E-state index in [0.717, 1.165) is 30.4 Å². The Labute approximate surface area is 269 Å². The Bertz CT molecular complexity index is 799. The summed E-state index contributed by atoms with van der Waals surface area (Å²) in [7, 11) is -4.64. The van der Waals surface area contributed by atoms with E-state index in [1.54, 1.807) is 0 Å². The Morgan fingerprint density at radius 1 is 0.468 bits per heavy atom. The van der Waals surface area contributed by atoms with Crippen molar-refractivity contribution in [1.29, 1.82) is 0 Å². The maximum Gasteiger partial charge on any atom is 0.466 e. The van der Waals surface area contributed by atoms with Crippen LogP contribution in [0.15, 0.2) is 63.3 Å². The molecule has 0 spiro atoms. The second kappa shape index (κ2) is 38.1. The van der Waals surface area contributed by atoms with Gasteiger partial charge in [-0.1, -0.05) is 32.9 Å². The van der Waals surface area contributed by atoms with E-state index >= 15 is 0 Å². The summed E-state index contributed by atoms with van der Waals surface area (Å²) in [6.45, 7) is 11.8. The van der Waals surface area contributed by atoms with Crippen molar-refractivity contribution in [1.82, 2.24) is 0 Å². The zero-order valence-electron chi connectivity index (χ0n) is 25.1. The van der Waals surface area contributed by atoms with Gasteiger partial charge >= 0.3 is 37.7 Å². The molecule has 0 aliphatic heterocycles. The lowest BCUT2D eigenvalue weighted by atomic mass is 9.91. The number of phosphoric acid groups is 1. The minimum absolute atomic E-state index is 0.141. The van der Waals surface area contributed by atoms with Crippen molar-refractivity contribution in [3.05, 3.63) is 63.3 Å². The molecule has 0 fully saturated rings. The Kier molecular flexibility index (Phi) is 47.3. The second-order valence-electron chi connectivity index (χ2n) is 7.67. The van der Waals surface area contributed by atoms with Gasteiger partial charge in [0.2, 0.25) is 0 Å². The van der Waals surface area contributed by atoms with E-state index in [-0.39, 0.29) is 13.2 Å². The minimum Gasteiger partial charge on any atom is -0.478 e. The number of carboxylic acid groups (broad SMARTS) is 5. The van der Waals surface area contributed by atoms with Gasteiger partial charge in [0.05, 0.1) is 63.7 Å². The normalized spacial score (nSPS) is 9.38. The molecule has 0 atom stereocenters. The van der Waals surface area contributed by atoms with Gasteiger partial charge in [0.25, 0.3) is 0 Å². The quantitative estimate of drug-likeness (QED) is 0.0606. The largest absolute Gasteiger partial charge is 0.478 e. The summed E-state index contributed by atoms with van der Waals surface area (Å²) in [5.41, 5.74) is -2.32. The molecule has 0 saturated heterocycles. The smallest absolute Gasteiger partial charge is 0.466 e. The maximum atomic E-state index is 9.25. The number of rotatable bonds is 15. The van der Waals surface area contributed by atoms with Gasteiger partial charge in [-0.25, -0.2) is 28.5 Å². The first kappa shape index (κ1) is 58.4. The number of aliphatic carboxylic acids is 5. The molecule has 14 N–H and O–H groups in total. The van der Waals surface area contributed by atoms with Crippen LogP contribution in [-0.2, 0) is 33.3 Å². The highest BCUT2D eigenvalue weighted by molar-refractivity contribution is 7.45. The van der Waals surface area contributed by atoms with E-state index in [0.29, 0.717) is 0 Å². The molecule has 0 rings (SSSR count). The molecule has 0 heterocycles.